The Morgan fingerprint density at radius 3 is 2.54 bits per heavy atom. The van der Waals surface area contributed by atoms with E-state index in [0.717, 1.165) is 61.4 Å². The lowest BCUT2D eigenvalue weighted by atomic mass is 10.0. The standard InChI is InChI=1S/C29H36N4O5S/c1-21(28(20-30)39(35,36)32-29(2,3)10-15-34)26-8-9-27(38-26)24-5-4-23-19-25(7-6-22(23)18-24)31-11-12-33-13-16-37-17-14-33/h4-9,18-19,31-32,34H,10-17H2,1-3H3. The number of nitriles is 1. The highest BCUT2D eigenvalue weighted by Crippen LogP contribution is 2.31. The zero-order valence-corrected chi connectivity index (χ0v) is 23.5. The molecule has 3 aromatic rings. The molecule has 0 amide bonds. The highest BCUT2D eigenvalue weighted by atomic mass is 32.2. The number of fused-ring (bicyclic) bond motifs is 1. The van der Waals surface area contributed by atoms with Crippen LogP contribution < -0.4 is 10.0 Å². The number of aliphatic hydroxyl groups is 1. The van der Waals surface area contributed by atoms with Gasteiger partial charge in [0.25, 0.3) is 10.0 Å². The lowest BCUT2D eigenvalue weighted by molar-refractivity contribution is 0.0398. The number of ether oxygens (including phenoxy) is 1. The van der Waals surface area contributed by atoms with E-state index in [9.17, 15) is 18.8 Å². The quantitative estimate of drug-likeness (QED) is 0.302. The van der Waals surface area contributed by atoms with Gasteiger partial charge in [-0.1, -0.05) is 18.2 Å². The molecule has 39 heavy (non-hydrogen) atoms. The topological polar surface area (TPSA) is 128 Å². The Labute approximate surface area is 230 Å². The van der Waals surface area contributed by atoms with Crippen molar-refractivity contribution in [3.63, 3.8) is 0 Å². The first-order chi connectivity index (χ1) is 18.6. The number of sulfonamides is 1. The van der Waals surface area contributed by atoms with Gasteiger partial charge >= 0.3 is 0 Å². The van der Waals surface area contributed by atoms with Gasteiger partial charge < -0.3 is 19.6 Å². The molecule has 1 saturated heterocycles. The molecule has 0 bridgehead atoms. The molecule has 0 atom stereocenters. The van der Waals surface area contributed by atoms with Gasteiger partial charge in [-0.3, -0.25) is 4.90 Å². The molecule has 0 aliphatic carbocycles. The molecule has 0 spiro atoms. The van der Waals surface area contributed by atoms with E-state index in [2.05, 4.69) is 33.1 Å². The number of furan rings is 1. The summed E-state index contributed by atoms with van der Waals surface area (Å²) in [6.07, 6.45) is 0.211. The Balaban J connectivity index is 1.49. The van der Waals surface area contributed by atoms with Gasteiger partial charge in [-0.15, -0.1) is 0 Å². The molecule has 1 aliphatic heterocycles. The number of allylic oxidation sites excluding steroid dienone is 2. The predicted molar refractivity (Wildman–Crippen MR) is 153 cm³/mol. The lowest BCUT2D eigenvalue weighted by Gasteiger charge is -2.26. The van der Waals surface area contributed by atoms with Crippen LogP contribution in [0.1, 0.15) is 33.0 Å². The van der Waals surface area contributed by atoms with Crippen LogP contribution in [0.5, 0.6) is 0 Å². The van der Waals surface area contributed by atoms with E-state index >= 15 is 0 Å². The maximum Gasteiger partial charge on any atom is 0.251 e. The lowest BCUT2D eigenvalue weighted by Crippen LogP contribution is -2.44. The summed E-state index contributed by atoms with van der Waals surface area (Å²) in [5.74, 6) is 0.869. The molecule has 1 aliphatic rings. The SMILES string of the molecule is CC(=C(C#N)S(=O)(=O)NC(C)(C)CCO)c1ccc(-c2ccc3cc(NCCN4CCOCC4)ccc3c2)o1. The molecular weight excluding hydrogens is 516 g/mol. The van der Waals surface area contributed by atoms with Gasteiger partial charge in [-0.2, -0.15) is 5.26 Å². The minimum Gasteiger partial charge on any atom is -0.456 e. The Kier molecular flexibility index (Phi) is 9.10. The van der Waals surface area contributed by atoms with Crippen molar-refractivity contribution in [1.82, 2.24) is 9.62 Å². The summed E-state index contributed by atoms with van der Waals surface area (Å²) >= 11 is 0. The number of anilines is 1. The highest BCUT2D eigenvalue weighted by Gasteiger charge is 2.30. The largest absolute Gasteiger partial charge is 0.456 e. The van der Waals surface area contributed by atoms with Crippen LogP contribution in [0.25, 0.3) is 27.7 Å². The van der Waals surface area contributed by atoms with Gasteiger partial charge in [-0.05, 0) is 68.3 Å². The number of benzene rings is 2. The number of rotatable bonds is 11. The molecule has 0 unspecified atom stereocenters. The van der Waals surface area contributed by atoms with Crippen LogP contribution >= 0.6 is 0 Å². The van der Waals surface area contributed by atoms with Gasteiger partial charge in [0, 0.05) is 55.1 Å². The summed E-state index contributed by atoms with van der Waals surface area (Å²) in [6, 6.07) is 17.5. The second kappa shape index (κ2) is 12.3. The Morgan fingerprint density at radius 2 is 1.82 bits per heavy atom. The summed E-state index contributed by atoms with van der Waals surface area (Å²) in [7, 11) is -4.12. The maximum absolute atomic E-state index is 12.9. The van der Waals surface area contributed by atoms with Crippen molar-refractivity contribution in [2.24, 2.45) is 0 Å². The summed E-state index contributed by atoms with van der Waals surface area (Å²) in [6.45, 7) is 10.0. The molecule has 2 heterocycles. The summed E-state index contributed by atoms with van der Waals surface area (Å²) in [4.78, 5) is 1.98. The van der Waals surface area contributed by atoms with E-state index < -0.39 is 20.5 Å². The van der Waals surface area contributed by atoms with Crippen LogP contribution in [0.4, 0.5) is 5.69 Å². The zero-order chi connectivity index (χ0) is 28.0. The zero-order valence-electron chi connectivity index (χ0n) is 22.7. The fourth-order valence-electron chi connectivity index (χ4n) is 4.59. The number of hydrogen-bond acceptors (Lipinski definition) is 8. The van der Waals surface area contributed by atoms with Crippen LogP contribution in [0.3, 0.4) is 0 Å². The predicted octanol–water partition coefficient (Wildman–Crippen LogP) is 4.18. The fraction of sp³-hybridized carbons (Fsp3) is 0.414. The van der Waals surface area contributed by atoms with Gasteiger partial charge in [0.05, 0.1) is 13.2 Å². The smallest absolute Gasteiger partial charge is 0.251 e. The van der Waals surface area contributed by atoms with Crippen molar-refractivity contribution in [3.05, 3.63) is 59.2 Å². The van der Waals surface area contributed by atoms with Gasteiger partial charge in [0.1, 0.15) is 17.6 Å². The molecular formula is C29H36N4O5S. The van der Waals surface area contributed by atoms with Crippen molar-refractivity contribution in [2.45, 2.75) is 32.7 Å². The monoisotopic (exact) mass is 552 g/mol. The minimum atomic E-state index is -4.12. The molecule has 1 fully saturated rings. The fourth-order valence-corrected chi connectivity index (χ4v) is 6.14. The summed E-state index contributed by atoms with van der Waals surface area (Å²) in [5, 5.41) is 24.5. The molecule has 0 saturated carbocycles. The summed E-state index contributed by atoms with van der Waals surface area (Å²) in [5.41, 5.74) is 1.21. The third kappa shape index (κ3) is 7.26. The van der Waals surface area contributed by atoms with Gasteiger partial charge in [-0.25, -0.2) is 13.1 Å². The van der Waals surface area contributed by atoms with Gasteiger partial charge in [0.2, 0.25) is 0 Å². The van der Waals surface area contributed by atoms with E-state index in [1.165, 1.54) is 0 Å². The summed E-state index contributed by atoms with van der Waals surface area (Å²) < 4.78 is 39.8. The molecule has 10 heteroatoms. The highest BCUT2D eigenvalue weighted by molar-refractivity contribution is 7.94. The van der Waals surface area contributed by atoms with Crippen LogP contribution in [0.15, 0.2) is 57.9 Å². The Hall–Kier alpha value is -3.20. The molecule has 4 rings (SSSR count). The Morgan fingerprint density at radius 1 is 1.10 bits per heavy atom. The van der Waals surface area contributed by atoms with Crippen LogP contribution in [0, 0.1) is 11.3 Å². The van der Waals surface area contributed by atoms with Crippen molar-refractivity contribution in [1.29, 1.82) is 5.26 Å². The number of hydrogen-bond donors (Lipinski definition) is 3. The van der Waals surface area contributed by atoms with E-state index in [4.69, 9.17) is 9.15 Å². The molecule has 9 nitrogen and oxygen atoms in total. The minimum absolute atomic E-state index is 0.180. The van der Waals surface area contributed by atoms with Crippen molar-refractivity contribution >= 4 is 32.1 Å². The first kappa shape index (κ1) is 28.8. The normalized spacial score (nSPS) is 15.7. The van der Waals surface area contributed by atoms with E-state index in [1.807, 2.05) is 24.3 Å². The number of nitrogens with one attached hydrogen (secondary N) is 2. The second-order valence-corrected chi connectivity index (χ2v) is 12.0. The Bertz CT molecular complexity index is 1480. The van der Waals surface area contributed by atoms with E-state index in [-0.39, 0.29) is 18.6 Å². The van der Waals surface area contributed by atoms with E-state index in [0.29, 0.717) is 11.5 Å². The molecule has 0 radical (unpaired) electrons. The maximum atomic E-state index is 12.9. The van der Waals surface area contributed by atoms with Gasteiger partial charge in [0.15, 0.2) is 4.91 Å². The third-order valence-corrected chi connectivity index (χ3v) is 8.58. The number of morpholine rings is 1. The van der Waals surface area contributed by atoms with Crippen LogP contribution in [-0.2, 0) is 14.8 Å². The van der Waals surface area contributed by atoms with Crippen LogP contribution in [-0.4, -0.2) is 70.0 Å². The molecule has 208 valence electrons. The van der Waals surface area contributed by atoms with Crippen LogP contribution in [0.2, 0.25) is 0 Å². The molecule has 1 aromatic heterocycles. The number of nitrogens with zero attached hydrogens (tertiary/aromatic N) is 2. The first-order valence-electron chi connectivity index (χ1n) is 13.1. The average Bonchev–Trinajstić information content (AvgIpc) is 3.39. The average molecular weight is 553 g/mol. The van der Waals surface area contributed by atoms with Crippen molar-refractivity contribution < 1.29 is 22.7 Å². The van der Waals surface area contributed by atoms with Crippen molar-refractivity contribution in [2.75, 3.05) is 51.3 Å². The molecule has 3 N–H and O–H groups in total. The number of aliphatic hydroxyl groups excluding tert-OH is 1. The molecule has 2 aromatic carbocycles. The second-order valence-electron chi connectivity index (χ2n) is 10.4. The third-order valence-electron chi connectivity index (χ3n) is 6.82. The van der Waals surface area contributed by atoms with E-state index in [1.54, 1.807) is 32.9 Å². The van der Waals surface area contributed by atoms with Crippen molar-refractivity contribution in [3.8, 4) is 17.4 Å². The first-order valence-corrected chi connectivity index (χ1v) is 14.5.